The number of amides is 1. The van der Waals surface area contributed by atoms with E-state index >= 15 is 0 Å². The summed E-state index contributed by atoms with van der Waals surface area (Å²) in [6.07, 6.45) is 1.65. The summed E-state index contributed by atoms with van der Waals surface area (Å²) in [4.78, 5) is 26.7. The van der Waals surface area contributed by atoms with E-state index in [4.69, 9.17) is 24.9 Å². The molecule has 9 heteroatoms. The van der Waals surface area contributed by atoms with Crippen LogP contribution in [0.1, 0.15) is 12.8 Å². The highest BCUT2D eigenvalue weighted by Crippen LogP contribution is 2.45. The highest BCUT2D eigenvalue weighted by atomic mass is 16.5. The fraction of sp³-hybridized carbons (Fsp3) is 0.400. The van der Waals surface area contributed by atoms with Gasteiger partial charge in [-0.2, -0.15) is 4.98 Å². The minimum absolute atomic E-state index is 0.0976. The Morgan fingerprint density at radius 2 is 1.85 bits per heavy atom. The molecule has 1 atom stereocenters. The molecule has 0 saturated carbocycles. The molecule has 2 fully saturated rings. The van der Waals surface area contributed by atoms with E-state index in [1.807, 2.05) is 46.2 Å². The second-order valence-electron chi connectivity index (χ2n) is 8.45. The average molecular weight is 464 g/mol. The summed E-state index contributed by atoms with van der Waals surface area (Å²) in [6, 6.07) is 11.4. The van der Waals surface area contributed by atoms with Crippen molar-refractivity contribution in [3.8, 4) is 22.6 Å². The van der Waals surface area contributed by atoms with E-state index < -0.39 is 0 Å². The van der Waals surface area contributed by atoms with Crippen LogP contribution in [-0.2, 0) is 9.53 Å². The van der Waals surface area contributed by atoms with Crippen molar-refractivity contribution >= 4 is 28.6 Å². The van der Waals surface area contributed by atoms with Gasteiger partial charge in [-0.1, -0.05) is 30.3 Å². The monoisotopic (exact) mass is 463 g/mol. The Hall–Kier alpha value is -3.59. The molecule has 178 valence electrons. The number of nitrogens with two attached hydrogens (primary N) is 1. The molecule has 0 bridgehead atoms. The average Bonchev–Trinajstić information content (AvgIpc) is 3.38. The molecule has 2 saturated heterocycles. The highest BCUT2D eigenvalue weighted by molar-refractivity contribution is 6.06. The Morgan fingerprint density at radius 3 is 2.56 bits per heavy atom. The van der Waals surface area contributed by atoms with Gasteiger partial charge in [0, 0.05) is 31.3 Å². The topological polar surface area (TPSA) is 103 Å². The predicted octanol–water partition coefficient (Wildman–Crippen LogP) is 2.72. The van der Waals surface area contributed by atoms with Crippen LogP contribution in [0.3, 0.4) is 0 Å². The van der Waals surface area contributed by atoms with Crippen LogP contribution in [0.25, 0.3) is 22.0 Å². The lowest BCUT2D eigenvalue weighted by atomic mass is 9.99. The van der Waals surface area contributed by atoms with Crippen LogP contribution < -0.4 is 20.1 Å². The summed E-state index contributed by atoms with van der Waals surface area (Å²) in [6.45, 7) is 3.07. The number of carbonyl (C=O) groups excluding carboxylic acids is 1. The Bertz CT molecular complexity index is 1200. The van der Waals surface area contributed by atoms with Gasteiger partial charge in [0.25, 0.3) is 0 Å². The normalized spacial score (nSPS) is 18.4. The minimum atomic E-state index is -0.302. The number of morpholine rings is 1. The summed E-state index contributed by atoms with van der Waals surface area (Å²) < 4.78 is 16.8. The molecule has 34 heavy (non-hydrogen) atoms. The van der Waals surface area contributed by atoms with Gasteiger partial charge < -0.3 is 29.7 Å². The van der Waals surface area contributed by atoms with E-state index in [9.17, 15) is 4.79 Å². The van der Waals surface area contributed by atoms with E-state index in [0.717, 1.165) is 24.0 Å². The highest BCUT2D eigenvalue weighted by Gasteiger charge is 2.36. The lowest BCUT2D eigenvalue weighted by molar-refractivity contribution is -0.136. The molecule has 1 aromatic heterocycles. The number of benzene rings is 2. The molecule has 0 spiro atoms. The Kier molecular flexibility index (Phi) is 6.10. The number of nitrogens with zero attached hydrogens (tertiary/aromatic N) is 4. The number of ether oxygens (including phenoxy) is 3. The third-order valence-electron chi connectivity index (χ3n) is 6.53. The molecule has 0 aliphatic carbocycles. The number of fused-ring (bicyclic) bond motifs is 1. The second kappa shape index (κ2) is 9.34. The number of hydrogen-bond acceptors (Lipinski definition) is 8. The molecule has 1 amide bonds. The minimum Gasteiger partial charge on any atom is -0.493 e. The molecule has 2 aromatic carbocycles. The molecule has 2 aliphatic rings. The quantitative estimate of drug-likeness (QED) is 0.616. The van der Waals surface area contributed by atoms with Crippen LogP contribution in [-0.4, -0.2) is 73.9 Å². The lowest BCUT2D eigenvalue weighted by Gasteiger charge is -2.32. The summed E-state index contributed by atoms with van der Waals surface area (Å²) >= 11 is 0. The van der Waals surface area contributed by atoms with Crippen LogP contribution in [0, 0.1) is 0 Å². The molecule has 0 radical (unpaired) electrons. The summed E-state index contributed by atoms with van der Waals surface area (Å²) in [5.41, 5.74) is 8.90. The third-order valence-corrected chi connectivity index (χ3v) is 6.53. The molecular weight excluding hydrogens is 434 g/mol. The first-order valence-electron chi connectivity index (χ1n) is 11.5. The van der Waals surface area contributed by atoms with Gasteiger partial charge in [-0.15, -0.1) is 0 Å². The zero-order valence-corrected chi connectivity index (χ0v) is 19.5. The third kappa shape index (κ3) is 3.86. The van der Waals surface area contributed by atoms with E-state index in [1.54, 1.807) is 14.2 Å². The molecule has 3 heterocycles. The largest absolute Gasteiger partial charge is 0.493 e. The van der Waals surface area contributed by atoms with Gasteiger partial charge >= 0.3 is 0 Å². The van der Waals surface area contributed by atoms with Gasteiger partial charge in [0.1, 0.15) is 11.9 Å². The van der Waals surface area contributed by atoms with Gasteiger partial charge in [-0.05, 0) is 18.4 Å². The Balaban J connectivity index is 1.61. The number of anilines is 2. The van der Waals surface area contributed by atoms with Gasteiger partial charge in [0.15, 0.2) is 11.5 Å². The van der Waals surface area contributed by atoms with E-state index in [1.165, 1.54) is 0 Å². The number of carbonyl (C=O) groups is 1. The number of rotatable bonds is 5. The number of hydrogen-bond donors (Lipinski definition) is 1. The molecule has 2 N–H and O–H groups in total. The first kappa shape index (κ1) is 22.2. The zero-order chi connectivity index (χ0) is 23.7. The van der Waals surface area contributed by atoms with E-state index in [-0.39, 0.29) is 11.9 Å². The van der Waals surface area contributed by atoms with Crippen molar-refractivity contribution in [3.05, 3.63) is 36.4 Å². The van der Waals surface area contributed by atoms with Crippen molar-refractivity contribution in [2.75, 3.05) is 57.7 Å². The van der Waals surface area contributed by atoms with Gasteiger partial charge in [-0.3, -0.25) is 4.79 Å². The number of nitrogen functional groups attached to an aromatic ring is 1. The van der Waals surface area contributed by atoms with Crippen molar-refractivity contribution in [2.24, 2.45) is 0 Å². The standard InChI is InChI=1S/C25H29N5O4/c1-32-19-15-17-21(20(22(19)33-2)16-7-4-3-5-8-16)23(26)28-25(27-17)30-10-6-9-18(30)24(31)29-11-13-34-14-12-29/h3-5,7-8,15,18H,6,9-14H2,1-2H3,(H2,26,27,28). The maximum Gasteiger partial charge on any atom is 0.245 e. The fourth-order valence-corrected chi connectivity index (χ4v) is 4.89. The maximum absolute atomic E-state index is 13.3. The maximum atomic E-state index is 13.3. The van der Waals surface area contributed by atoms with Crippen LogP contribution in [0.2, 0.25) is 0 Å². The smallest absolute Gasteiger partial charge is 0.245 e. The second-order valence-corrected chi connectivity index (χ2v) is 8.45. The Labute approximate surface area is 198 Å². The predicted molar refractivity (Wildman–Crippen MR) is 130 cm³/mol. The van der Waals surface area contributed by atoms with E-state index in [2.05, 4.69) is 4.98 Å². The number of methoxy groups -OCH3 is 2. The molecule has 5 rings (SSSR count). The van der Waals surface area contributed by atoms with Gasteiger partial charge in [0.2, 0.25) is 11.9 Å². The lowest BCUT2D eigenvalue weighted by Crippen LogP contribution is -2.50. The van der Waals surface area contributed by atoms with Crippen LogP contribution in [0.15, 0.2) is 36.4 Å². The summed E-state index contributed by atoms with van der Waals surface area (Å²) in [5, 5.41) is 0.697. The molecule has 2 aliphatic heterocycles. The van der Waals surface area contributed by atoms with E-state index in [0.29, 0.717) is 67.0 Å². The molecular formula is C25H29N5O4. The molecule has 9 nitrogen and oxygen atoms in total. The van der Waals surface area contributed by atoms with Crippen molar-refractivity contribution in [1.29, 1.82) is 0 Å². The van der Waals surface area contributed by atoms with Crippen LogP contribution in [0.5, 0.6) is 11.5 Å². The van der Waals surface area contributed by atoms with Gasteiger partial charge in [0.05, 0.1) is 38.3 Å². The van der Waals surface area contributed by atoms with Crippen molar-refractivity contribution in [1.82, 2.24) is 14.9 Å². The first-order valence-corrected chi connectivity index (χ1v) is 11.5. The summed E-state index contributed by atoms with van der Waals surface area (Å²) in [5.74, 6) is 2.02. The first-order chi connectivity index (χ1) is 16.6. The molecule has 1 unspecified atom stereocenters. The van der Waals surface area contributed by atoms with Crippen molar-refractivity contribution < 1.29 is 19.0 Å². The van der Waals surface area contributed by atoms with Gasteiger partial charge in [-0.25, -0.2) is 4.98 Å². The molecule has 3 aromatic rings. The van der Waals surface area contributed by atoms with Crippen LogP contribution in [0.4, 0.5) is 11.8 Å². The fourth-order valence-electron chi connectivity index (χ4n) is 4.89. The van der Waals surface area contributed by atoms with Crippen LogP contribution >= 0.6 is 0 Å². The number of aromatic nitrogens is 2. The van der Waals surface area contributed by atoms with Crippen molar-refractivity contribution in [2.45, 2.75) is 18.9 Å². The Morgan fingerprint density at radius 1 is 1.09 bits per heavy atom. The van der Waals surface area contributed by atoms with Crippen molar-refractivity contribution in [3.63, 3.8) is 0 Å². The SMILES string of the molecule is COc1cc2nc(N3CCCC3C(=O)N3CCOCC3)nc(N)c2c(-c2ccccc2)c1OC. The summed E-state index contributed by atoms with van der Waals surface area (Å²) in [7, 11) is 3.20. The zero-order valence-electron chi connectivity index (χ0n) is 19.5.